The highest BCUT2D eigenvalue weighted by atomic mass is 16.5. The zero-order chi connectivity index (χ0) is 24.8. The van der Waals surface area contributed by atoms with Gasteiger partial charge in [0, 0.05) is 13.0 Å². The van der Waals surface area contributed by atoms with Crippen molar-refractivity contribution in [2.24, 2.45) is 0 Å². The summed E-state index contributed by atoms with van der Waals surface area (Å²) in [6.07, 6.45) is -0.102. The zero-order valence-corrected chi connectivity index (χ0v) is 20.2. The van der Waals surface area contributed by atoms with Gasteiger partial charge in [-0.15, -0.1) is 0 Å². The van der Waals surface area contributed by atoms with Crippen LogP contribution in [0.4, 0.5) is 4.79 Å². The maximum absolute atomic E-state index is 13.1. The fourth-order valence-electron chi connectivity index (χ4n) is 4.44. The average Bonchev–Trinajstić information content (AvgIpc) is 3.13. The Balaban J connectivity index is 1.70. The predicted molar refractivity (Wildman–Crippen MR) is 130 cm³/mol. The van der Waals surface area contributed by atoms with Crippen molar-refractivity contribution < 1.29 is 24.2 Å². The van der Waals surface area contributed by atoms with Gasteiger partial charge in [-0.2, -0.15) is 0 Å². The third-order valence-corrected chi connectivity index (χ3v) is 6.29. The number of carbonyl (C=O) groups is 3. The smallest absolute Gasteiger partial charge is 0.407 e. The normalized spacial score (nSPS) is 14.1. The third kappa shape index (κ3) is 5.56. The van der Waals surface area contributed by atoms with Crippen LogP contribution in [0.2, 0.25) is 0 Å². The Hall–Kier alpha value is -3.39. The van der Waals surface area contributed by atoms with Crippen LogP contribution in [0, 0.1) is 0 Å². The SMILES string of the molecule is CCC(C(=O)O)N(C)C(=O)C(CCN(C)C)NC(=O)OCC1c2ccccc2-c2ccccc21. The summed E-state index contributed by atoms with van der Waals surface area (Å²) in [5, 5.41) is 12.1. The lowest BCUT2D eigenvalue weighted by Crippen LogP contribution is -2.53. The molecule has 2 aromatic carbocycles. The van der Waals surface area contributed by atoms with Crippen LogP contribution in [0.3, 0.4) is 0 Å². The fraction of sp³-hybridized carbons (Fsp3) is 0.423. The number of nitrogens with zero attached hydrogens (tertiary/aromatic N) is 2. The summed E-state index contributed by atoms with van der Waals surface area (Å²) in [4.78, 5) is 40.4. The van der Waals surface area contributed by atoms with Crippen molar-refractivity contribution in [3.05, 3.63) is 59.7 Å². The van der Waals surface area contributed by atoms with Crippen LogP contribution in [-0.2, 0) is 14.3 Å². The summed E-state index contributed by atoms with van der Waals surface area (Å²) < 4.78 is 5.59. The molecule has 2 aromatic rings. The number of carboxylic acid groups (broad SMARTS) is 1. The number of fused-ring (bicyclic) bond motifs is 3. The molecule has 3 rings (SSSR count). The largest absolute Gasteiger partial charge is 0.480 e. The molecule has 0 saturated heterocycles. The molecule has 2 atom stereocenters. The Morgan fingerprint density at radius 1 is 1.00 bits per heavy atom. The van der Waals surface area contributed by atoms with Gasteiger partial charge in [-0.05, 0) is 55.7 Å². The number of ether oxygens (including phenoxy) is 1. The number of hydrogen-bond donors (Lipinski definition) is 2. The Morgan fingerprint density at radius 3 is 2.06 bits per heavy atom. The number of alkyl carbamates (subject to hydrolysis) is 1. The van der Waals surface area contributed by atoms with E-state index >= 15 is 0 Å². The number of hydrogen-bond acceptors (Lipinski definition) is 5. The van der Waals surface area contributed by atoms with Gasteiger partial charge in [-0.1, -0.05) is 55.5 Å². The van der Waals surface area contributed by atoms with Gasteiger partial charge in [0.1, 0.15) is 18.7 Å². The minimum absolute atomic E-state index is 0.0896. The van der Waals surface area contributed by atoms with Crippen LogP contribution in [0.15, 0.2) is 48.5 Å². The van der Waals surface area contributed by atoms with Crippen molar-refractivity contribution in [3.63, 3.8) is 0 Å². The number of likely N-dealkylation sites (N-methyl/N-ethyl adjacent to an activating group) is 1. The van der Waals surface area contributed by atoms with E-state index in [2.05, 4.69) is 17.4 Å². The molecule has 0 radical (unpaired) electrons. The first-order chi connectivity index (χ1) is 16.2. The van der Waals surface area contributed by atoms with Gasteiger partial charge in [0.2, 0.25) is 5.91 Å². The lowest BCUT2D eigenvalue weighted by Gasteiger charge is -2.29. The maximum Gasteiger partial charge on any atom is 0.407 e. The number of benzene rings is 2. The highest BCUT2D eigenvalue weighted by Gasteiger charge is 2.32. The van der Waals surface area contributed by atoms with E-state index in [-0.39, 0.29) is 18.9 Å². The first-order valence-electron chi connectivity index (χ1n) is 11.5. The van der Waals surface area contributed by atoms with E-state index in [1.807, 2.05) is 55.4 Å². The molecule has 2 amide bonds. The fourth-order valence-corrected chi connectivity index (χ4v) is 4.44. The van der Waals surface area contributed by atoms with Crippen molar-refractivity contribution in [3.8, 4) is 11.1 Å². The quantitative estimate of drug-likeness (QED) is 0.557. The molecule has 0 saturated carbocycles. The van der Waals surface area contributed by atoms with E-state index in [0.29, 0.717) is 13.0 Å². The number of carboxylic acids is 1. The van der Waals surface area contributed by atoms with Crippen LogP contribution in [0.1, 0.15) is 36.8 Å². The monoisotopic (exact) mass is 467 g/mol. The Morgan fingerprint density at radius 2 is 1.56 bits per heavy atom. The molecule has 1 aliphatic carbocycles. The van der Waals surface area contributed by atoms with E-state index in [1.165, 1.54) is 11.9 Å². The first-order valence-corrected chi connectivity index (χ1v) is 11.5. The second-order valence-electron chi connectivity index (χ2n) is 8.83. The van der Waals surface area contributed by atoms with E-state index in [1.54, 1.807) is 6.92 Å². The summed E-state index contributed by atoms with van der Waals surface area (Å²) in [6, 6.07) is 14.3. The van der Waals surface area contributed by atoms with Crippen molar-refractivity contribution in [2.75, 3.05) is 34.3 Å². The van der Waals surface area contributed by atoms with Crippen LogP contribution in [-0.4, -0.2) is 79.3 Å². The van der Waals surface area contributed by atoms with Crippen LogP contribution >= 0.6 is 0 Å². The van der Waals surface area contributed by atoms with Crippen LogP contribution < -0.4 is 5.32 Å². The number of nitrogens with one attached hydrogen (secondary N) is 1. The van der Waals surface area contributed by atoms with Crippen molar-refractivity contribution in [2.45, 2.75) is 37.8 Å². The molecule has 34 heavy (non-hydrogen) atoms. The number of amides is 2. The summed E-state index contributed by atoms with van der Waals surface area (Å²) in [6.45, 7) is 2.38. The minimum atomic E-state index is -1.08. The molecule has 0 fully saturated rings. The van der Waals surface area contributed by atoms with Crippen LogP contribution in [0.5, 0.6) is 0 Å². The summed E-state index contributed by atoms with van der Waals surface area (Å²) >= 11 is 0. The molecule has 8 heteroatoms. The molecule has 182 valence electrons. The van der Waals surface area contributed by atoms with Gasteiger partial charge in [0.15, 0.2) is 0 Å². The molecule has 2 N–H and O–H groups in total. The second kappa shape index (κ2) is 11.2. The van der Waals surface area contributed by atoms with Crippen molar-refractivity contribution in [1.29, 1.82) is 0 Å². The zero-order valence-electron chi connectivity index (χ0n) is 20.2. The number of rotatable bonds is 10. The maximum atomic E-state index is 13.1. The number of carbonyl (C=O) groups excluding carboxylic acids is 2. The van der Waals surface area contributed by atoms with E-state index in [0.717, 1.165) is 22.3 Å². The molecule has 0 aromatic heterocycles. The second-order valence-corrected chi connectivity index (χ2v) is 8.83. The Bertz CT molecular complexity index is 993. The molecule has 8 nitrogen and oxygen atoms in total. The molecule has 0 bridgehead atoms. The van der Waals surface area contributed by atoms with Crippen molar-refractivity contribution >= 4 is 18.0 Å². The van der Waals surface area contributed by atoms with E-state index in [4.69, 9.17) is 4.74 Å². The summed E-state index contributed by atoms with van der Waals surface area (Å²) in [7, 11) is 5.18. The standard InChI is InChI=1S/C26H33N3O5/c1-5-23(25(31)32)29(4)24(30)22(14-15-28(2)3)27-26(33)34-16-21-19-12-8-6-10-17(19)18-11-7-9-13-20(18)21/h6-13,21-23H,5,14-16H2,1-4H3,(H,27,33)(H,31,32). The highest BCUT2D eigenvalue weighted by molar-refractivity contribution is 5.89. The third-order valence-electron chi connectivity index (χ3n) is 6.29. The molecule has 0 heterocycles. The molecule has 1 aliphatic rings. The summed E-state index contributed by atoms with van der Waals surface area (Å²) in [5.74, 6) is -1.62. The van der Waals surface area contributed by atoms with E-state index < -0.39 is 30.1 Å². The lowest BCUT2D eigenvalue weighted by molar-refractivity contribution is -0.150. The Labute approximate surface area is 200 Å². The first kappa shape index (κ1) is 25.2. The minimum Gasteiger partial charge on any atom is -0.480 e. The predicted octanol–water partition coefficient (Wildman–Crippen LogP) is 3.17. The molecule has 2 unspecified atom stereocenters. The van der Waals surface area contributed by atoms with Gasteiger partial charge in [0.25, 0.3) is 0 Å². The van der Waals surface area contributed by atoms with Crippen molar-refractivity contribution in [1.82, 2.24) is 15.1 Å². The Kier molecular flexibility index (Phi) is 8.28. The molecular formula is C26H33N3O5. The van der Waals surface area contributed by atoms with E-state index in [9.17, 15) is 19.5 Å². The van der Waals surface area contributed by atoms with Gasteiger partial charge in [-0.3, -0.25) is 4.79 Å². The number of aliphatic carboxylic acids is 1. The van der Waals surface area contributed by atoms with Gasteiger partial charge >= 0.3 is 12.1 Å². The highest BCUT2D eigenvalue weighted by Crippen LogP contribution is 2.44. The average molecular weight is 468 g/mol. The lowest BCUT2D eigenvalue weighted by atomic mass is 9.98. The summed E-state index contributed by atoms with van der Waals surface area (Å²) in [5.41, 5.74) is 4.46. The topological polar surface area (TPSA) is 99.2 Å². The van der Waals surface area contributed by atoms with Gasteiger partial charge in [-0.25, -0.2) is 9.59 Å². The van der Waals surface area contributed by atoms with Crippen LogP contribution in [0.25, 0.3) is 11.1 Å². The van der Waals surface area contributed by atoms with Gasteiger partial charge in [0.05, 0.1) is 0 Å². The molecular weight excluding hydrogens is 434 g/mol. The molecule has 0 aliphatic heterocycles. The molecule has 0 spiro atoms. The van der Waals surface area contributed by atoms with Gasteiger partial charge < -0.3 is 25.0 Å².